The number of rotatable bonds is 3. The summed E-state index contributed by atoms with van der Waals surface area (Å²) >= 11 is 0. The summed E-state index contributed by atoms with van der Waals surface area (Å²) in [6, 6.07) is 0. The smallest absolute Gasteiger partial charge is 0.237 e. The predicted molar refractivity (Wildman–Crippen MR) is 67.9 cm³/mol. The lowest BCUT2D eigenvalue weighted by atomic mass is 9.80. The van der Waals surface area contributed by atoms with E-state index < -0.39 is 0 Å². The van der Waals surface area contributed by atoms with Gasteiger partial charge in [-0.25, -0.2) is 0 Å². The zero-order chi connectivity index (χ0) is 13.2. The van der Waals surface area contributed by atoms with E-state index in [1.165, 1.54) is 11.0 Å². The Balaban J connectivity index is 3.09. The van der Waals surface area contributed by atoms with E-state index in [-0.39, 0.29) is 29.6 Å². The van der Waals surface area contributed by atoms with E-state index in [0.717, 1.165) is 0 Å². The number of hydrogen-bond donors (Lipinski definition) is 0. The van der Waals surface area contributed by atoms with E-state index in [0.29, 0.717) is 5.70 Å². The second-order valence-electron chi connectivity index (χ2n) is 5.22. The highest BCUT2D eigenvalue weighted by Gasteiger charge is 2.45. The van der Waals surface area contributed by atoms with Crippen molar-refractivity contribution >= 4 is 11.8 Å². The molecule has 1 unspecified atom stereocenters. The van der Waals surface area contributed by atoms with Crippen LogP contribution in [0.1, 0.15) is 27.2 Å². The molecule has 0 bridgehead atoms. The average Bonchev–Trinajstić information content (AvgIpc) is 2.51. The number of imide groups is 1. The Morgan fingerprint density at radius 1 is 1.35 bits per heavy atom. The lowest BCUT2D eigenvalue weighted by molar-refractivity contribution is -0.137. The first-order chi connectivity index (χ1) is 7.82. The van der Waals surface area contributed by atoms with Crippen LogP contribution in [-0.4, -0.2) is 16.7 Å². The molecule has 17 heavy (non-hydrogen) atoms. The molecule has 2 amide bonds. The zero-order valence-electron chi connectivity index (χ0n) is 10.7. The summed E-state index contributed by atoms with van der Waals surface area (Å²) in [6.45, 7) is 13.1. The molecule has 0 aromatic carbocycles. The number of nitrogens with zero attached hydrogens (tertiary/aromatic N) is 1. The van der Waals surface area contributed by atoms with Crippen molar-refractivity contribution in [2.24, 2.45) is 11.3 Å². The summed E-state index contributed by atoms with van der Waals surface area (Å²) in [5.41, 5.74) is 0.295. The van der Waals surface area contributed by atoms with E-state index >= 15 is 0 Å². The van der Waals surface area contributed by atoms with Crippen molar-refractivity contribution in [2.75, 3.05) is 0 Å². The van der Waals surface area contributed by atoms with Crippen LogP contribution in [-0.2, 0) is 9.59 Å². The van der Waals surface area contributed by atoms with Crippen molar-refractivity contribution < 1.29 is 9.59 Å². The molecule has 3 nitrogen and oxygen atoms in total. The highest BCUT2D eigenvalue weighted by Crippen LogP contribution is 2.36. The summed E-state index contributed by atoms with van der Waals surface area (Å²) in [5, 5.41) is 0. The molecule has 1 atom stereocenters. The first kappa shape index (κ1) is 13.4. The monoisotopic (exact) mass is 233 g/mol. The van der Waals surface area contributed by atoms with Gasteiger partial charge < -0.3 is 0 Å². The Morgan fingerprint density at radius 2 is 1.94 bits per heavy atom. The molecular formula is C14H19NO2. The van der Waals surface area contributed by atoms with Gasteiger partial charge in [0, 0.05) is 6.42 Å². The second kappa shape index (κ2) is 4.70. The maximum Gasteiger partial charge on any atom is 0.237 e. The van der Waals surface area contributed by atoms with Crippen LogP contribution in [0.15, 0.2) is 37.1 Å². The van der Waals surface area contributed by atoms with E-state index in [2.05, 4.69) is 13.2 Å². The first-order valence-electron chi connectivity index (χ1n) is 5.65. The molecule has 1 rings (SSSR count). The highest BCUT2D eigenvalue weighted by atomic mass is 16.2. The number of hydrogen-bond acceptors (Lipinski definition) is 2. The van der Waals surface area contributed by atoms with Gasteiger partial charge in [-0.3, -0.25) is 14.5 Å². The standard InChI is InChI=1S/C14H19NO2/c1-6-8-10(7-2)15-12(16)9-11(13(15)17)14(3,4)5/h6-8,11H,1-2,9H2,3-5H3/b10-8+. The normalized spacial score (nSPS) is 21.9. The van der Waals surface area contributed by atoms with E-state index in [1.807, 2.05) is 20.8 Å². The second-order valence-corrected chi connectivity index (χ2v) is 5.22. The molecule has 1 saturated heterocycles. The number of allylic oxidation sites excluding steroid dienone is 3. The van der Waals surface area contributed by atoms with E-state index in [1.54, 1.807) is 12.2 Å². The summed E-state index contributed by atoms with van der Waals surface area (Å²) < 4.78 is 0. The number of likely N-dealkylation sites (tertiary alicyclic amines) is 1. The molecule has 1 aliphatic rings. The molecule has 1 fully saturated rings. The molecule has 0 spiro atoms. The Morgan fingerprint density at radius 3 is 2.29 bits per heavy atom. The topological polar surface area (TPSA) is 37.4 Å². The number of carbonyl (C=O) groups excluding carboxylic acids is 2. The Kier molecular flexibility index (Phi) is 3.71. The molecule has 0 aliphatic carbocycles. The van der Waals surface area contributed by atoms with Crippen LogP contribution in [0.25, 0.3) is 0 Å². The maximum absolute atomic E-state index is 12.2. The van der Waals surface area contributed by atoms with Gasteiger partial charge >= 0.3 is 0 Å². The molecule has 1 aliphatic heterocycles. The summed E-state index contributed by atoms with van der Waals surface area (Å²) in [4.78, 5) is 25.3. The van der Waals surface area contributed by atoms with Gasteiger partial charge in [0.1, 0.15) is 0 Å². The molecule has 1 heterocycles. The van der Waals surface area contributed by atoms with Crippen molar-refractivity contribution in [3.8, 4) is 0 Å². The molecule has 0 aromatic heterocycles. The van der Waals surface area contributed by atoms with Gasteiger partial charge in [-0.05, 0) is 17.6 Å². The SMILES string of the molecule is C=C/C=C(\C=C)N1C(=O)CC(C(C)(C)C)C1=O. The van der Waals surface area contributed by atoms with Crippen LogP contribution in [0.3, 0.4) is 0 Å². The Labute approximate surface area is 102 Å². The van der Waals surface area contributed by atoms with Crippen LogP contribution in [0.4, 0.5) is 0 Å². The predicted octanol–water partition coefficient (Wildman–Crippen LogP) is 2.66. The molecule has 0 radical (unpaired) electrons. The van der Waals surface area contributed by atoms with Gasteiger partial charge in [0.2, 0.25) is 11.8 Å². The average molecular weight is 233 g/mol. The van der Waals surface area contributed by atoms with Gasteiger partial charge in [-0.15, -0.1) is 0 Å². The molecule has 0 saturated carbocycles. The molecule has 92 valence electrons. The Hall–Kier alpha value is -1.64. The summed E-state index contributed by atoms with van der Waals surface area (Å²) in [6.07, 6.45) is 4.93. The van der Waals surface area contributed by atoms with Gasteiger partial charge in [0.05, 0.1) is 11.6 Å². The van der Waals surface area contributed by atoms with Crippen LogP contribution < -0.4 is 0 Å². The van der Waals surface area contributed by atoms with Gasteiger partial charge in [0.25, 0.3) is 0 Å². The van der Waals surface area contributed by atoms with Crippen LogP contribution in [0.2, 0.25) is 0 Å². The largest absolute Gasteiger partial charge is 0.274 e. The third-order valence-electron chi connectivity index (χ3n) is 2.95. The third kappa shape index (κ3) is 2.54. The fraction of sp³-hybridized carbons (Fsp3) is 0.429. The Bertz CT molecular complexity index is 399. The highest BCUT2D eigenvalue weighted by molar-refractivity contribution is 6.06. The number of amides is 2. The fourth-order valence-corrected chi connectivity index (χ4v) is 1.93. The molecule has 0 aromatic rings. The minimum atomic E-state index is -0.261. The van der Waals surface area contributed by atoms with Gasteiger partial charge in [-0.1, -0.05) is 40.0 Å². The fourth-order valence-electron chi connectivity index (χ4n) is 1.93. The van der Waals surface area contributed by atoms with Crippen molar-refractivity contribution in [3.63, 3.8) is 0 Å². The van der Waals surface area contributed by atoms with Crippen molar-refractivity contribution in [1.82, 2.24) is 4.90 Å². The van der Waals surface area contributed by atoms with Crippen molar-refractivity contribution in [2.45, 2.75) is 27.2 Å². The summed E-state index contributed by atoms with van der Waals surface area (Å²) in [7, 11) is 0. The van der Waals surface area contributed by atoms with Crippen LogP contribution in [0, 0.1) is 11.3 Å². The van der Waals surface area contributed by atoms with Crippen LogP contribution in [0.5, 0.6) is 0 Å². The quantitative estimate of drug-likeness (QED) is 0.555. The van der Waals surface area contributed by atoms with E-state index in [9.17, 15) is 9.59 Å². The lowest BCUT2D eigenvalue weighted by Crippen LogP contribution is -2.33. The number of carbonyl (C=O) groups is 2. The maximum atomic E-state index is 12.2. The van der Waals surface area contributed by atoms with Crippen molar-refractivity contribution in [3.05, 3.63) is 37.1 Å². The minimum absolute atomic E-state index is 0.143. The molecular weight excluding hydrogens is 214 g/mol. The minimum Gasteiger partial charge on any atom is -0.274 e. The lowest BCUT2D eigenvalue weighted by Gasteiger charge is -2.25. The summed E-state index contributed by atoms with van der Waals surface area (Å²) in [5.74, 6) is -0.568. The molecule has 0 N–H and O–H groups in total. The van der Waals surface area contributed by atoms with Crippen LogP contribution >= 0.6 is 0 Å². The first-order valence-corrected chi connectivity index (χ1v) is 5.65. The zero-order valence-corrected chi connectivity index (χ0v) is 10.7. The van der Waals surface area contributed by atoms with Gasteiger partial charge in [0.15, 0.2) is 0 Å². The third-order valence-corrected chi connectivity index (χ3v) is 2.95. The van der Waals surface area contributed by atoms with Crippen molar-refractivity contribution in [1.29, 1.82) is 0 Å². The van der Waals surface area contributed by atoms with Gasteiger partial charge in [-0.2, -0.15) is 0 Å². The molecule has 3 heteroatoms. The van der Waals surface area contributed by atoms with E-state index in [4.69, 9.17) is 0 Å².